The van der Waals surface area contributed by atoms with E-state index < -0.39 is 0 Å². The van der Waals surface area contributed by atoms with E-state index in [1.807, 2.05) is 25.1 Å². The first kappa shape index (κ1) is 20.2. The first-order valence-electron chi connectivity index (χ1n) is 9.20. The van der Waals surface area contributed by atoms with Gasteiger partial charge in [0.25, 0.3) is 5.91 Å². The topological polar surface area (TPSA) is 72.0 Å². The Hall–Kier alpha value is -2.57. The van der Waals surface area contributed by atoms with Crippen LogP contribution in [0, 0.1) is 6.92 Å². The number of halogens is 1. The van der Waals surface area contributed by atoms with Crippen LogP contribution in [0.4, 0.5) is 5.69 Å². The summed E-state index contributed by atoms with van der Waals surface area (Å²) in [6, 6.07) is 12.5. The molecule has 2 aromatic rings. The minimum Gasteiger partial charge on any atom is -0.497 e. The highest BCUT2D eigenvalue weighted by atomic mass is 35.5. The molecule has 0 unspecified atom stereocenters. The molecule has 28 heavy (non-hydrogen) atoms. The maximum absolute atomic E-state index is 12.7. The fourth-order valence-electron chi connectivity index (χ4n) is 2.91. The molecule has 0 radical (unpaired) electrons. The molecule has 2 aromatic carbocycles. The largest absolute Gasteiger partial charge is 0.497 e. The van der Waals surface area contributed by atoms with Crippen molar-refractivity contribution >= 4 is 29.2 Å². The van der Waals surface area contributed by atoms with E-state index in [9.17, 15) is 4.79 Å². The number of methoxy groups -OCH3 is 1. The van der Waals surface area contributed by atoms with Crippen molar-refractivity contribution in [3.8, 4) is 5.75 Å². The number of guanidine groups is 1. The molecule has 1 atom stereocenters. The van der Waals surface area contributed by atoms with Crippen LogP contribution in [-0.4, -0.2) is 38.2 Å². The third-order valence-electron chi connectivity index (χ3n) is 4.56. The van der Waals surface area contributed by atoms with Gasteiger partial charge in [-0.05, 0) is 55.7 Å². The average molecular weight is 402 g/mol. The van der Waals surface area contributed by atoms with E-state index in [2.05, 4.69) is 15.6 Å². The fourth-order valence-corrected chi connectivity index (χ4v) is 3.08. The summed E-state index contributed by atoms with van der Waals surface area (Å²) in [5.41, 5.74) is 2.14. The normalized spacial score (nSPS) is 16.7. The lowest BCUT2D eigenvalue weighted by molar-refractivity contribution is 0.0975. The maximum Gasteiger partial charge on any atom is 0.258 e. The summed E-state index contributed by atoms with van der Waals surface area (Å²) in [4.78, 5) is 17.3. The summed E-state index contributed by atoms with van der Waals surface area (Å²) >= 11 is 6.21. The van der Waals surface area contributed by atoms with Crippen molar-refractivity contribution in [3.63, 3.8) is 0 Å². The van der Waals surface area contributed by atoms with Gasteiger partial charge in [0.15, 0.2) is 0 Å². The Bertz CT molecular complexity index is 864. The average Bonchev–Trinajstić information content (AvgIpc) is 3.23. The molecular formula is C21H24ClN3O3. The Kier molecular flexibility index (Phi) is 6.90. The second-order valence-electron chi connectivity index (χ2n) is 6.55. The van der Waals surface area contributed by atoms with Crippen LogP contribution in [0.1, 0.15) is 28.8 Å². The summed E-state index contributed by atoms with van der Waals surface area (Å²) in [7, 11) is 1.56. The molecule has 6 nitrogen and oxygen atoms in total. The van der Waals surface area contributed by atoms with E-state index in [0.29, 0.717) is 28.8 Å². The summed E-state index contributed by atoms with van der Waals surface area (Å²) in [5.74, 6) is 0.690. The van der Waals surface area contributed by atoms with Gasteiger partial charge in [-0.15, -0.1) is 0 Å². The highest BCUT2D eigenvalue weighted by Gasteiger charge is 2.17. The summed E-state index contributed by atoms with van der Waals surface area (Å²) in [6.07, 6.45) is 2.08. The van der Waals surface area contributed by atoms with Crippen molar-refractivity contribution in [2.75, 3.05) is 25.6 Å². The van der Waals surface area contributed by atoms with Gasteiger partial charge in [0.05, 0.1) is 19.8 Å². The first-order chi connectivity index (χ1) is 13.6. The Balaban J connectivity index is 1.79. The highest BCUT2D eigenvalue weighted by molar-refractivity contribution is 6.31. The molecule has 0 bridgehead atoms. The molecular weight excluding hydrogens is 378 g/mol. The third kappa shape index (κ3) is 5.24. The van der Waals surface area contributed by atoms with E-state index >= 15 is 0 Å². The number of hydrogen-bond acceptors (Lipinski definition) is 4. The maximum atomic E-state index is 12.7. The number of carbonyl (C=O) groups excluding carboxylic acids is 1. The van der Waals surface area contributed by atoms with Gasteiger partial charge in [0.1, 0.15) is 5.75 Å². The molecule has 1 fully saturated rings. The van der Waals surface area contributed by atoms with Crippen LogP contribution in [0.2, 0.25) is 5.02 Å². The second-order valence-corrected chi connectivity index (χ2v) is 6.95. The molecule has 1 saturated heterocycles. The van der Waals surface area contributed by atoms with E-state index in [4.69, 9.17) is 21.1 Å². The van der Waals surface area contributed by atoms with Gasteiger partial charge in [-0.2, -0.15) is 0 Å². The zero-order chi connectivity index (χ0) is 19.9. The molecule has 1 heterocycles. The number of benzene rings is 2. The first-order valence-corrected chi connectivity index (χ1v) is 9.58. The molecule has 0 spiro atoms. The predicted octanol–water partition coefficient (Wildman–Crippen LogP) is 4.03. The number of anilines is 1. The predicted molar refractivity (Wildman–Crippen MR) is 112 cm³/mol. The van der Waals surface area contributed by atoms with Crippen molar-refractivity contribution < 1.29 is 14.3 Å². The van der Waals surface area contributed by atoms with Crippen LogP contribution in [0.15, 0.2) is 47.5 Å². The van der Waals surface area contributed by atoms with Gasteiger partial charge < -0.3 is 14.8 Å². The number of rotatable bonds is 5. The molecule has 0 aromatic heterocycles. The summed E-state index contributed by atoms with van der Waals surface area (Å²) in [6.45, 7) is 3.14. The third-order valence-corrected chi connectivity index (χ3v) is 4.97. The zero-order valence-corrected chi connectivity index (χ0v) is 16.8. The Morgan fingerprint density at radius 2 is 2.14 bits per heavy atom. The Labute approximate surface area is 169 Å². The summed E-state index contributed by atoms with van der Waals surface area (Å²) in [5, 5.41) is 6.68. The van der Waals surface area contributed by atoms with Gasteiger partial charge in [-0.25, -0.2) is 4.99 Å². The smallest absolute Gasteiger partial charge is 0.258 e. The zero-order valence-electron chi connectivity index (χ0n) is 16.0. The van der Waals surface area contributed by atoms with Crippen LogP contribution >= 0.6 is 11.6 Å². The number of nitrogens with one attached hydrogen (secondary N) is 2. The number of amides is 1. The van der Waals surface area contributed by atoms with Crippen LogP contribution in [0.3, 0.4) is 0 Å². The molecule has 148 valence electrons. The van der Waals surface area contributed by atoms with Crippen molar-refractivity contribution in [1.82, 2.24) is 5.32 Å². The van der Waals surface area contributed by atoms with Crippen LogP contribution < -0.4 is 15.4 Å². The van der Waals surface area contributed by atoms with Crippen molar-refractivity contribution in [2.45, 2.75) is 25.9 Å². The van der Waals surface area contributed by atoms with E-state index in [0.717, 1.165) is 30.7 Å². The van der Waals surface area contributed by atoms with Crippen molar-refractivity contribution in [1.29, 1.82) is 0 Å². The SMILES string of the molecule is COc1cccc(C(=O)NC(=NC[C@H]2CCCO2)Nc2cccc(Cl)c2C)c1. The number of carbonyl (C=O) groups is 1. The molecule has 2 N–H and O–H groups in total. The second kappa shape index (κ2) is 9.57. The highest BCUT2D eigenvalue weighted by Crippen LogP contribution is 2.23. The number of ether oxygens (including phenoxy) is 2. The molecule has 0 saturated carbocycles. The van der Waals surface area contributed by atoms with Crippen molar-refractivity contribution in [3.05, 3.63) is 58.6 Å². The van der Waals surface area contributed by atoms with Gasteiger partial charge in [0.2, 0.25) is 5.96 Å². The molecule has 7 heteroatoms. The standard InChI is InChI=1S/C21H24ClN3O3/c1-14-18(22)9-4-10-19(14)24-21(23-13-17-8-5-11-28-17)25-20(26)15-6-3-7-16(12-15)27-2/h3-4,6-7,9-10,12,17H,5,8,11,13H2,1-2H3,(H2,23,24,25,26)/t17-/m1/s1. The summed E-state index contributed by atoms with van der Waals surface area (Å²) < 4.78 is 10.8. The van der Waals surface area contributed by atoms with Crippen molar-refractivity contribution in [2.24, 2.45) is 4.99 Å². The number of aliphatic imine (C=N–C) groups is 1. The van der Waals surface area contributed by atoms with Crippen LogP contribution in [0.25, 0.3) is 0 Å². The molecule has 1 aliphatic rings. The van der Waals surface area contributed by atoms with Gasteiger partial charge in [0, 0.05) is 22.9 Å². The lowest BCUT2D eigenvalue weighted by Crippen LogP contribution is -2.37. The van der Waals surface area contributed by atoms with Gasteiger partial charge >= 0.3 is 0 Å². The van der Waals surface area contributed by atoms with Crippen LogP contribution in [0.5, 0.6) is 5.75 Å². The number of nitrogens with zero attached hydrogens (tertiary/aromatic N) is 1. The quantitative estimate of drug-likeness (QED) is 0.586. The Morgan fingerprint density at radius 3 is 2.89 bits per heavy atom. The lowest BCUT2D eigenvalue weighted by atomic mass is 10.2. The Morgan fingerprint density at radius 1 is 1.32 bits per heavy atom. The van der Waals surface area contributed by atoms with Crippen LogP contribution in [-0.2, 0) is 4.74 Å². The van der Waals surface area contributed by atoms with Gasteiger partial charge in [-0.1, -0.05) is 23.7 Å². The molecule has 3 rings (SSSR count). The fraction of sp³-hybridized carbons (Fsp3) is 0.333. The van der Waals surface area contributed by atoms with E-state index in [-0.39, 0.29) is 12.0 Å². The molecule has 0 aliphatic carbocycles. The lowest BCUT2D eigenvalue weighted by Gasteiger charge is -2.15. The van der Waals surface area contributed by atoms with Gasteiger partial charge in [-0.3, -0.25) is 10.1 Å². The minimum atomic E-state index is -0.280. The minimum absolute atomic E-state index is 0.0750. The van der Waals surface area contributed by atoms with E-state index in [1.54, 1.807) is 31.4 Å². The molecule has 1 aliphatic heterocycles. The molecule has 1 amide bonds. The monoisotopic (exact) mass is 401 g/mol. The number of hydrogen-bond donors (Lipinski definition) is 2. The van der Waals surface area contributed by atoms with E-state index in [1.165, 1.54) is 0 Å².